The molecule has 0 spiro atoms. The van der Waals surface area contributed by atoms with Crippen molar-refractivity contribution in [2.45, 2.75) is 26.2 Å². The van der Waals surface area contributed by atoms with E-state index in [0.29, 0.717) is 21.4 Å². The van der Waals surface area contributed by atoms with Gasteiger partial charge in [-0.2, -0.15) is 4.68 Å². The molecule has 1 N–H and O–H groups in total. The molecule has 0 radical (unpaired) electrons. The van der Waals surface area contributed by atoms with Crippen molar-refractivity contribution in [2.75, 3.05) is 13.1 Å². The highest BCUT2D eigenvalue weighted by Crippen LogP contribution is 2.25. The van der Waals surface area contributed by atoms with Crippen LogP contribution in [0.4, 0.5) is 0 Å². The molecule has 3 heterocycles. The summed E-state index contributed by atoms with van der Waals surface area (Å²) < 4.78 is 1.42. The number of hydrogen-bond donors (Lipinski definition) is 1. The first kappa shape index (κ1) is 18.0. The molecule has 3 aromatic rings. The lowest BCUT2D eigenvalue weighted by atomic mass is 10.2. The van der Waals surface area contributed by atoms with Crippen LogP contribution in [0.2, 0.25) is 5.02 Å². The summed E-state index contributed by atoms with van der Waals surface area (Å²) in [5.41, 5.74) is 2.71. The molecule has 2 aromatic heterocycles. The summed E-state index contributed by atoms with van der Waals surface area (Å²) in [6.45, 7) is 3.39. The van der Waals surface area contributed by atoms with E-state index in [-0.39, 0.29) is 17.9 Å². The number of aryl methyl sites for hydroxylation is 1. The summed E-state index contributed by atoms with van der Waals surface area (Å²) in [4.78, 5) is 31.7. The van der Waals surface area contributed by atoms with Gasteiger partial charge in [0.15, 0.2) is 0 Å². The zero-order valence-electron chi connectivity index (χ0n) is 14.9. The van der Waals surface area contributed by atoms with E-state index < -0.39 is 0 Å². The number of hydrogen-bond acceptors (Lipinski definition) is 4. The highest BCUT2D eigenvalue weighted by molar-refractivity contribution is 7.12. The maximum atomic E-state index is 12.8. The number of thiazole rings is 1. The van der Waals surface area contributed by atoms with Crippen molar-refractivity contribution in [3.63, 3.8) is 0 Å². The fraction of sp³-hybridized carbons (Fsp3) is 0.316. The first-order valence-electron chi connectivity index (χ1n) is 8.83. The first-order valence-corrected chi connectivity index (χ1v) is 10.1. The van der Waals surface area contributed by atoms with Crippen LogP contribution in [0.25, 0.3) is 16.4 Å². The van der Waals surface area contributed by atoms with E-state index in [1.807, 2.05) is 41.5 Å². The highest BCUT2D eigenvalue weighted by atomic mass is 35.5. The quantitative estimate of drug-likeness (QED) is 0.726. The molecule has 1 aromatic carbocycles. The molecule has 1 fully saturated rings. The molecule has 0 unspecified atom stereocenters. The lowest BCUT2D eigenvalue weighted by Gasteiger charge is -2.14. The summed E-state index contributed by atoms with van der Waals surface area (Å²) >= 11 is 7.30. The van der Waals surface area contributed by atoms with Crippen LogP contribution in [0, 0.1) is 6.92 Å². The van der Waals surface area contributed by atoms with Crippen LogP contribution < -0.4 is 5.56 Å². The number of H-pyrrole nitrogens is 1. The average molecular weight is 403 g/mol. The summed E-state index contributed by atoms with van der Waals surface area (Å²) in [6.07, 6.45) is 2.20. The molecule has 0 atom stereocenters. The third-order valence-corrected chi connectivity index (χ3v) is 5.88. The maximum Gasteiger partial charge on any atom is 0.277 e. The predicted molar refractivity (Wildman–Crippen MR) is 107 cm³/mol. The average Bonchev–Trinajstić information content (AvgIpc) is 3.39. The highest BCUT2D eigenvalue weighted by Gasteiger charge is 2.22. The third-order valence-electron chi connectivity index (χ3n) is 4.80. The lowest BCUT2D eigenvalue weighted by Crippen LogP contribution is -2.31. The van der Waals surface area contributed by atoms with E-state index in [9.17, 15) is 9.59 Å². The second-order valence-corrected chi connectivity index (χ2v) is 7.92. The van der Waals surface area contributed by atoms with Gasteiger partial charge in [-0.25, -0.2) is 4.98 Å². The molecular weight excluding hydrogens is 384 g/mol. The Balaban J connectivity index is 1.60. The smallest absolute Gasteiger partial charge is 0.277 e. The largest absolute Gasteiger partial charge is 0.342 e. The van der Waals surface area contributed by atoms with Crippen molar-refractivity contribution < 1.29 is 4.79 Å². The van der Waals surface area contributed by atoms with Crippen LogP contribution in [0.5, 0.6) is 0 Å². The Kier molecular flexibility index (Phi) is 4.88. The topological polar surface area (TPSA) is 71.0 Å². The lowest BCUT2D eigenvalue weighted by molar-refractivity contribution is -0.129. The van der Waals surface area contributed by atoms with Gasteiger partial charge < -0.3 is 4.90 Å². The minimum atomic E-state index is -0.211. The van der Waals surface area contributed by atoms with E-state index >= 15 is 0 Å². The van der Waals surface area contributed by atoms with Crippen molar-refractivity contribution in [1.29, 1.82) is 0 Å². The Bertz CT molecular complexity index is 1030. The zero-order valence-corrected chi connectivity index (χ0v) is 16.4. The molecule has 1 aliphatic rings. The van der Waals surface area contributed by atoms with Gasteiger partial charge in [0.1, 0.15) is 0 Å². The van der Waals surface area contributed by atoms with Crippen LogP contribution in [0.1, 0.15) is 24.1 Å². The SMILES string of the molecule is Cc1[nH]n(-c2nc(-c3ccc(Cl)cc3)cs2)c(=O)c1CC(=O)N1CCCC1. The number of aromatic nitrogens is 3. The van der Waals surface area contributed by atoms with Gasteiger partial charge in [0.25, 0.3) is 5.56 Å². The van der Waals surface area contributed by atoms with Gasteiger partial charge in [-0.15, -0.1) is 11.3 Å². The minimum Gasteiger partial charge on any atom is -0.342 e. The van der Waals surface area contributed by atoms with Gasteiger partial charge >= 0.3 is 0 Å². The molecule has 140 valence electrons. The summed E-state index contributed by atoms with van der Waals surface area (Å²) in [6, 6.07) is 7.40. The fourth-order valence-corrected chi connectivity index (χ4v) is 4.19. The first-order chi connectivity index (χ1) is 13.0. The molecule has 8 heteroatoms. The van der Waals surface area contributed by atoms with Crippen LogP contribution >= 0.6 is 22.9 Å². The Hall–Kier alpha value is -2.38. The summed E-state index contributed by atoms with van der Waals surface area (Å²) in [7, 11) is 0. The minimum absolute atomic E-state index is 0.0137. The van der Waals surface area contributed by atoms with Crippen molar-refractivity contribution in [2.24, 2.45) is 0 Å². The Morgan fingerprint density at radius 2 is 1.96 bits per heavy atom. The number of nitrogens with zero attached hydrogens (tertiary/aromatic N) is 3. The second-order valence-electron chi connectivity index (χ2n) is 6.64. The van der Waals surface area contributed by atoms with Gasteiger partial charge in [-0.3, -0.25) is 14.7 Å². The van der Waals surface area contributed by atoms with Crippen molar-refractivity contribution in [3.8, 4) is 16.4 Å². The van der Waals surface area contributed by atoms with Crippen LogP contribution in [-0.4, -0.2) is 38.7 Å². The number of benzene rings is 1. The Labute approximate surface area is 165 Å². The van der Waals surface area contributed by atoms with Gasteiger partial charge in [-0.1, -0.05) is 23.7 Å². The zero-order chi connectivity index (χ0) is 19.0. The fourth-order valence-electron chi connectivity index (χ4n) is 3.27. The monoisotopic (exact) mass is 402 g/mol. The number of halogens is 1. The second kappa shape index (κ2) is 7.32. The molecule has 0 aliphatic carbocycles. The number of carbonyl (C=O) groups excluding carboxylic acids is 1. The molecule has 27 heavy (non-hydrogen) atoms. The van der Waals surface area contributed by atoms with Gasteiger partial charge in [0, 0.05) is 40.3 Å². The number of likely N-dealkylation sites (tertiary alicyclic amines) is 1. The van der Waals surface area contributed by atoms with Gasteiger partial charge in [0.2, 0.25) is 11.0 Å². The van der Waals surface area contributed by atoms with Gasteiger partial charge in [-0.05, 0) is 31.9 Å². The number of carbonyl (C=O) groups is 1. The van der Waals surface area contributed by atoms with Gasteiger partial charge in [0.05, 0.1) is 12.1 Å². The van der Waals surface area contributed by atoms with E-state index in [0.717, 1.165) is 37.2 Å². The molecule has 1 amide bonds. The number of nitrogens with one attached hydrogen (secondary N) is 1. The van der Waals surface area contributed by atoms with E-state index in [4.69, 9.17) is 11.6 Å². The number of rotatable bonds is 4. The molecule has 4 rings (SSSR count). The normalized spacial score (nSPS) is 14.1. The predicted octanol–water partition coefficient (Wildman–Crippen LogP) is 3.42. The van der Waals surface area contributed by atoms with E-state index in [1.165, 1.54) is 16.0 Å². The summed E-state index contributed by atoms with van der Waals surface area (Å²) in [5, 5.41) is 6.17. The Morgan fingerprint density at radius 3 is 2.67 bits per heavy atom. The van der Waals surface area contributed by atoms with Crippen LogP contribution in [0.3, 0.4) is 0 Å². The van der Waals surface area contributed by atoms with E-state index in [2.05, 4.69) is 10.1 Å². The van der Waals surface area contributed by atoms with Crippen LogP contribution in [0.15, 0.2) is 34.4 Å². The number of amides is 1. The molecular formula is C19H19ClN4O2S. The standard InChI is InChI=1S/C19H19ClN4O2S/c1-12-15(10-17(25)23-8-2-3-9-23)18(26)24(22-12)19-21-16(11-27-19)13-4-6-14(20)7-5-13/h4-7,11,22H,2-3,8-10H2,1H3. The molecule has 0 bridgehead atoms. The molecule has 1 aliphatic heterocycles. The van der Waals surface area contributed by atoms with Crippen molar-refractivity contribution in [1.82, 2.24) is 19.7 Å². The number of aromatic amines is 1. The molecule has 0 saturated carbocycles. The maximum absolute atomic E-state index is 12.8. The van der Waals surface area contributed by atoms with E-state index in [1.54, 1.807) is 0 Å². The van der Waals surface area contributed by atoms with Crippen LogP contribution in [-0.2, 0) is 11.2 Å². The molecule has 1 saturated heterocycles. The third kappa shape index (κ3) is 3.57. The summed E-state index contributed by atoms with van der Waals surface area (Å²) in [5.74, 6) is 0.0137. The molecule has 6 nitrogen and oxygen atoms in total. The van der Waals surface area contributed by atoms with Crippen molar-refractivity contribution in [3.05, 3.63) is 56.3 Å². The Morgan fingerprint density at radius 1 is 1.26 bits per heavy atom. The van der Waals surface area contributed by atoms with Crippen molar-refractivity contribution >= 4 is 28.8 Å².